The number of rotatable bonds is 6. The summed E-state index contributed by atoms with van der Waals surface area (Å²) in [5, 5.41) is 3.03. The van der Waals surface area contributed by atoms with Crippen molar-refractivity contribution in [1.29, 1.82) is 0 Å². The van der Waals surface area contributed by atoms with Gasteiger partial charge in [-0.1, -0.05) is 18.2 Å². The molecule has 0 radical (unpaired) electrons. The van der Waals surface area contributed by atoms with E-state index in [-0.39, 0.29) is 24.4 Å². The van der Waals surface area contributed by atoms with Gasteiger partial charge >= 0.3 is 0 Å². The summed E-state index contributed by atoms with van der Waals surface area (Å²) in [5.74, 6) is 2.14. The first-order chi connectivity index (χ1) is 15.6. The van der Waals surface area contributed by atoms with Crippen molar-refractivity contribution in [2.24, 2.45) is 0 Å². The summed E-state index contributed by atoms with van der Waals surface area (Å²) in [4.78, 5) is 14.8. The van der Waals surface area contributed by atoms with Gasteiger partial charge in [-0.05, 0) is 55.5 Å². The van der Waals surface area contributed by atoms with Gasteiger partial charge in [-0.25, -0.2) is 0 Å². The van der Waals surface area contributed by atoms with Crippen LogP contribution in [0.2, 0.25) is 0 Å². The molecule has 0 bridgehead atoms. The maximum atomic E-state index is 12.3. The van der Waals surface area contributed by atoms with E-state index < -0.39 is 0 Å². The molecule has 0 aliphatic carbocycles. The van der Waals surface area contributed by atoms with Crippen LogP contribution in [0.4, 0.5) is 0 Å². The number of piperidine rings is 1. The highest BCUT2D eigenvalue weighted by atomic mass is 16.7. The third kappa shape index (κ3) is 4.40. The topological polar surface area (TPSA) is 69.3 Å². The molecular formula is C25H30N2O5. The van der Waals surface area contributed by atoms with E-state index in [0.717, 1.165) is 62.4 Å². The SMILES string of the molecule is COc1cc(CN2CCC3(CCC(CNC(=O)c4ccccc4)O3)CC2)cc2c1OCO2. The third-order valence-corrected chi connectivity index (χ3v) is 6.76. The minimum atomic E-state index is -0.0504. The first-order valence-electron chi connectivity index (χ1n) is 11.3. The molecule has 2 saturated heterocycles. The Bertz CT molecular complexity index is 956. The number of hydrogen-bond donors (Lipinski definition) is 1. The zero-order chi connectivity index (χ0) is 22.0. The Morgan fingerprint density at radius 3 is 2.75 bits per heavy atom. The van der Waals surface area contributed by atoms with Crippen LogP contribution in [0.3, 0.4) is 0 Å². The summed E-state index contributed by atoms with van der Waals surface area (Å²) in [7, 11) is 1.65. The van der Waals surface area contributed by atoms with Gasteiger partial charge in [0, 0.05) is 31.7 Å². The molecular weight excluding hydrogens is 408 g/mol. The molecule has 0 saturated carbocycles. The maximum Gasteiger partial charge on any atom is 0.251 e. The molecule has 1 spiro atoms. The molecule has 3 aliphatic rings. The molecule has 1 atom stereocenters. The first kappa shape index (κ1) is 21.1. The van der Waals surface area contributed by atoms with Gasteiger partial charge in [-0.3, -0.25) is 9.69 Å². The van der Waals surface area contributed by atoms with Crippen LogP contribution in [0, 0.1) is 0 Å². The third-order valence-electron chi connectivity index (χ3n) is 6.76. The molecule has 7 nitrogen and oxygen atoms in total. The first-order valence-corrected chi connectivity index (χ1v) is 11.3. The summed E-state index contributed by atoms with van der Waals surface area (Å²) in [6.45, 7) is 3.63. The highest BCUT2D eigenvalue weighted by Crippen LogP contribution is 2.43. The van der Waals surface area contributed by atoms with Crippen LogP contribution in [0.15, 0.2) is 42.5 Å². The molecule has 2 fully saturated rings. The summed E-state index contributed by atoms with van der Waals surface area (Å²) < 4.78 is 23.0. The largest absolute Gasteiger partial charge is 0.493 e. The van der Waals surface area contributed by atoms with Crippen LogP contribution in [0.25, 0.3) is 0 Å². The highest BCUT2D eigenvalue weighted by molar-refractivity contribution is 5.94. The number of nitrogens with zero attached hydrogens (tertiary/aromatic N) is 1. The van der Waals surface area contributed by atoms with Gasteiger partial charge in [-0.15, -0.1) is 0 Å². The molecule has 170 valence electrons. The van der Waals surface area contributed by atoms with Gasteiger partial charge in [0.2, 0.25) is 12.5 Å². The standard InChI is InChI=1S/C25H30N2O5/c1-29-21-13-18(14-22-23(21)31-17-30-22)16-27-11-9-25(10-12-27)8-7-20(32-25)15-26-24(28)19-5-3-2-4-6-19/h2-6,13-14,20H,7-12,15-17H2,1H3,(H,26,28). The Balaban J connectivity index is 1.11. The quantitative estimate of drug-likeness (QED) is 0.746. The lowest BCUT2D eigenvalue weighted by Gasteiger charge is -2.39. The fourth-order valence-electron chi connectivity index (χ4n) is 4.96. The van der Waals surface area contributed by atoms with Crippen molar-refractivity contribution < 1.29 is 23.7 Å². The molecule has 5 rings (SSSR count). The average Bonchev–Trinajstić information content (AvgIpc) is 3.46. The lowest BCUT2D eigenvalue weighted by atomic mass is 9.88. The number of carbonyl (C=O) groups excluding carboxylic acids is 1. The van der Waals surface area contributed by atoms with E-state index in [1.54, 1.807) is 7.11 Å². The molecule has 2 aromatic carbocycles. The summed E-state index contributed by atoms with van der Waals surface area (Å²) in [6, 6.07) is 13.4. The fraction of sp³-hybridized carbons (Fsp3) is 0.480. The van der Waals surface area contributed by atoms with Crippen molar-refractivity contribution in [3.63, 3.8) is 0 Å². The second-order valence-corrected chi connectivity index (χ2v) is 8.85. The lowest BCUT2D eigenvalue weighted by molar-refractivity contribution is -0.0764. The summed E-state index contributed by atoms with van der Waals surface area (Å²) >= 11 is 0. The number of hydrogen-bond acceptors (Lipinski definition) is 6. The molecule has 32 heavy (non-hydrogen) atoms. The predicted octanol–water partition coefficient (Wildman–Crippen LogP) is 3.37. The van der Waals surface area contributed by atoms with Crippen molar-refractivity contribution in [3.8, 4) is 17.2 Å². The Labute approximate surface area is 188 Å². The number of nitrogens with one attached hydrogen (secondary N) is 1. The Morgan fingerprint density at radius 1 is 1.16 bits per heavy atom. The van der Waals surface area contributed by atoms with Crippen molar-refractivity contribution >= 4 is 5.91 Å². The van der Waals surface area contributed by atoms with Crippen LogP contribution in [0.5, 0.6) is 17.2 Å². The normalized spacial score (nSPS) is 21.6. The predicted molar refractivity (Wildman–Crippen MR) is 119 cm³/mol. The van der Waals surface area contributed by atoms with Gasteiger partial charge in [-0.2, -0.15) is 0 Å². The minimum absolute atomic E-state index is 0.0378. The van der Waals surface area contributed by atoms with E-state index in [4.69, 9.17) is 18.9 Å². The highest BCUT2D eigenvalue weighted by Gasteiger charge is 2.42. The van der Waals surface area contributed by atoms with Crippen molar-refractivity contribution in [1.82, 2.24) is 10.2 Å². The molecule has 7 heteroatoms. The zero-order valence-corrected chi connectivity index (χ0v) is 18.5. The Morgan fingerprint density at radius 2 is 1.97 bits per heavy atom. The monoisotopic (exact) mass is 438 g/mol. The van der Waals surface area contributed by atoms with Crippen molar-refractivity contribution in [3.05, 3.63) is 53.6 Å². The molecule has 3 aliphatic heterocycles. The average molecular weight is 439 g/mol. The van der Waals surface area contributed by atoms with Crippen LogP contribution in [-0.4, -0.2) is 56.0 Å². The maximum absolute atomic E-state index is 12.3. The second kappa shape index (κ2) is 9.00. The summed E-state index contributed by atoms with van der Waals surface area (Å²) in [6.07, 6.45) is 4.17. The van der Waals surface area contributed by atoms with Gasteiger partial charge < -0.3 is 24.3 Å². The molecule has 2 aromatic rings. The van der Waals surface area contributed by atoms with Gasteiger partial charge in [0.1, 0.15) is 0 Å². The number of likely N-dealkylation sites (tertiary alicyclic amines) is 1. The van der Waals surface area contributed by atoms with E-state index >= 15 is 0 Å². The molecule has 1 N–H and O–H groups in total. The number of fused-ring (bicyclic) bond motifs is 1. The number of methoxy groups -OCH3 is 1. The molecule has 1 unspecified atom stereocenters. The van der Waals surface area contributed by atoms with Crippen LogP contribution in [0.1, 0.15) is 41.6 Å². The molecule has 3 heterocycles. The van der Waals surface area contributed by atoms with E-state index in [1.165, 1.54) is 0 Å². The van der Waals surface area contributed by atoms with Crippen molar-refractivity contribution in [2.75, 3.05) is 33.5 Å². The number of amides is 1. The fourth-order valence-corrected chi connectivity index (χ4v) is 4.96. The van der Waals surface area contributed by atoms with Crippen LogP contribution < -0.4 is 19.5 Å². The van der Waals surface area contributed by atoms with Crippen LogP contribution >= 0.6 is 0 Å². The second-order valence-electron chi connectivity index (χ2n) is 8.85. The van der Waals surface area contributed by atoms with Crippen LogP contribution in [-0.2, 0) is 11.3 Å². The van der Waals surface area contributed by atoms with E-state index in [9.17, 15) is 4.79 Å². The molecule has 0 aromatic heterocycles. The number of ether oxygens (including phenoxy) is 4. The lowest BCUT2D eigenvalue weighted by Crippen LogP contribution is -2.44. The molecule has 1 amide bonds. The Kier molecular flexibility index (Phi) is 5.93. The van der Waals surface area contributed by atoms with E-state index in [2.05, 4.69) is 10.2 Å². The van der Waals surface area contributed by atoms with Gasteiger partial charge in [0.25, 0.3) is 5.91 Å². The smallest absolute Gasteiger partial charge is 0.251 e. The van der Waals surface area contributed by atoms with E-state index in [0.29, 0.717) is 17.9 Å². The van der Waals surface area contributed by atoms with Gasteiger partial charge in [0.05, 0.1) is 18.8 Å². The van der Waals surface area contributed by atoms with E-state index in [1.807, 2.05) is 42.5 Å². The Hall–Kier alpha value is -2.77. The number of benzene rings is 2. The van der Waals surface area contributed by atoms with Crippen molar-refractivity contribution in [2.45, 2.75) is 43.9 Å². The summed E-state index contributed by atoms with van der Waals surface area (Å²) in [5.41, 5.74) is 1.80. The zero-order valence-electron chi connectivity index (χ0n) is 18.5. The van der Waals surface area contributed by atoms with Gasteiger partial charge in [0.15, 0.2) is 11.5 Å². The number of carbonyl (C=O) groups is 1. The minimum Gasteiger partial charge on any atom is -0.493 e.